The van der Waals surface area contributed by atoms with E-state index in [9.17, 15) is 4.79 Å². The fraction of sp³-hybridized carbons (Fsp3) is 0.636. The van der Waals surface area contributed by atoms with Crippen molar-refractivity contribution >= 4 is 21.7 Å². The molecule has 2 unspecified atom stereocenters. The van der Waals surface area contributed by atoms with E-state index in [-0.39, 0.29) is 5.56 Å². The zero-order chi connectivity index (χ0) is 12.6. The smallest absolute Gasteiger partial charge is 0.267 e. The van der Waals surface area contributed by atoms with Gasteiger partial charge in [0.25, 0.3) is 5.56 Å². The molecule has 1 saturated heterocycles. The number of aromatic nitrogens is 2. The Morgan fingerprint density at radius 3 is 2.82 bits per heavy atom. The number of nitrogens with one attached hydrogen (secondary N) is 1. The monoisotopic (exact) mass is 300 g/mol. The van der Waals surface area contributed by atoms with Crippen molar-refractivity contribution in [3.05, 3.63) is 21.2 Å². The highest BCUT2D eigenvalue weighted by molar-refractivity contribution is 9.10. The molecule has 17 heavy (non-hydrogen) atoms. The molecule has 0 amide bonds. The van der Waals surface area contributed by atoms with Gasteiger partial charge in [0.15, 0.2) is 0 Å². The third-order valence-electron chi connectivity index (χ3n) is 3.31. The number of rotatable bonds is 2. The first-order valence-electron chi connectivity index (χ1n) is 5.65. The Balaban J connectivity index is 2.26. The standard InChI is InChI=1S/C11H17BrN4O/c1-7-4-16(5-8(7)15(2)3)10-9(12)11(17)14-6-13-10/h6-8H,4-5H2,1-3H3,(H,13,14,17). The number of anilines is 1. The summed E-state index contributed by atoms with van der Waals surface area (Å²) < 4.78 is 0.520. The minimum Gasteiger partial charge on any atom is -0.354 e. The molecule has 0 aliphatic carbocycles. The maximum Gasteiger partial charge on any atom is 0.267 e. The normalized spacial score (nSPS) is 24.6. The molecule has 0 aromatic carbocycles. The molecule has 1 fully saturated rings. The van der Waals surface area contributed by atoms with Gasteiger partial charge >= 0.3 is 0 Å². The highest BCUT2D eigenvalue weighted by Crippen LogP contribution is 2.27. The lowest BCUT2D eigenvalue weighted by Gasteiger charge is -2.22. The van der Waals surface area contributed by atoms with Crippen LogP contribution >= 0.6 is 15.9 Å². The van der Waals surface area contributed by atoms with Crippen LogP contribution in [0.4, 0.5) is 5.82 Å². The molecule has 2 rings (SSSR count). The lowest BCUT2D eigenvalue weighted by molar-refractivity contribution is 0.266. The van der Waals surface area contributed by atoms with E-state index < -0.39 is 0 Å². The minimum atomic E-state index is -0.129. The van der Waals surface area contributed by atoms with Crippen LogP contribution in [0.15, 0.2) is 15.6 Å². The van der Waals surface area contributed by atoms with Crippen molar-refractivity contribution in [1.82, 2.24) is 14.9 Å². The Morgan fingerprint density at radius 2 is 2.24 bits per heavy atom. The topological polar surface area (TPSA) is 52.2 Å². The average molecular weight is 301 g/mol. The van der Waals surface area contributed by atoms with E-state index in [2.05, 4.69) is 56.7 Å². The number of aromatic amines is 1. The molecule has 5 nitrogen and oxygen atoms in total. The van der Waals surface area contributed by atoms with Gasteiger partial charge in [-0.05, 0) is 35.9 Å². The van der Waals surface area contributed by atoms with E-state index in [1.165, 1.54) is 6.33 Å². The predicted molar refractivity (Wildman–Crippen MR) is 71.4 cm³/mol. The van der Waals surface area contributed by atoms with E-state index in [4.69, 9.17) is 0 Å². The SMILES string of the molecule is CC1CN(c2nc[nH]c(=O)c2Br)CC1N(C)C. The van der Waals surface area contributed by atoms with Crippen LogP contribution in [-0.2, 0) is 0 Å². The summed E-state index contributed by atoms with van der Waals surface area (Å²) in [7, 11) is 4.18. The summed E-state index contributed by atoms with van der Waals surface area (Å²) in [5.41, 5.74) is -0.129. The molecule has 0 bridgehead atoms. The second-order valence-electron chi connectivity index (χ2n) is 4.78. The quantitative estimate of drug-likeness (QED) is 0.882. The van der Waals surface area contributed by atoms with Crippen LogP contribution in [0.3, 0.4) is 0 Å². The largest absolute Gasteiger partial charge is 0.354 e. The van der Waals surface area contributed by atoms with E-state index in [0.29, 0.717) is 16.4 Å². The van der Waals surface area contributed by atoms with Gasteiger partial charge in [0.05, 0.1) is 6.33 Å². The van der Waals surface area contributed by atoms with Gasteiger partial charge in [0.2, 0.25) is 0 Å². The maximum absolute atomic E-state index is 11.5. The van der Waals surface area contributed by atoms with Gasteiger partial charge in [-0.3, -0.25) is 4.79 Å². The summed E-state index contributed by atoms with van der Waals surface area (Å²) in [5, 5.41) is 0. The van der Waals surface area contributed by atoms with Crippen molar-refractivity contribution < 1.29 is 0 Å². The molecule has 1 N–H and O–H groups in total. The summed E-state index contributed by atoms with van der Waals surface area (Å²) >= 11 is 3.31. The van der Waals surface area contributed by atoms with Gasteiger partial charge in [-0.15, -0.1) is 0 Å². The van der Waals surface area contributed by atoms with E-state index >= 15 is 0 Å². The second-order valence-corrected chi connectivity index (χ2v) is 5.58. The molecule has 0 spiro atoms. The number of likely N-dealkylation sites (N-methyl/N-ethyl adjacent to an activating group) is 1. The number of H-pyrrole nitrogens is 1. The Labute approximate surface area is 109 Å². The van der Waals surface area contributed by atoms with E-state index in [0.717, 1.165) is 18.9 Å². The molecule has 0 saturated carbocycles. The molecular formula is C11H17BrN4O. The van der Waals surface area contributed by atoms with Crippen LogP contribution in [0, 0.1) is 5.92 Å². The molecule has 94 valence electrons. The van der Waals surface area contributed by atoms with Gasteiger partial charge in [-0.1, -0.05) is 6.92 Å². The molecule has 1 aromatic heterocycles. The van der Waals surface area contributed by atoms with Gasteiger partial charge in [0, 0.05) is 19.1 Å². The second kappa shape index (κ2) is 4.78. The zero-order valence-electron chi connectivity index (χ0n) is 10.3. The number of nitrogens with zero attached hydrogens (tertiary/aromatic N) is 3. The first-order valence-corrected chi connectivity index (χ1v) is 6.44. The van der Waals surface area contributed by atoms with Crippen molar-refractivity contribution in [1.29, 1.82) is 0 Å². The molecule has 1 aromatic rings. The maximum atomic E-state index is 11.5. The summed E-state index contributed by atoms with van der Waals surface area (Å²) in [4.78, 5) is 22.7. The first-order chi connectivity index (χ1) is 8.00. The van der Waals surface area contributed by atoms with Gasteiger partial charge in [0.1, 0.15) is 10.3 Å². The summed E-state index contributed by atoms with van der Waals surface area (Å²) in [6, 6.07) is 0.503. The first kappa shape index (κ1) is 12.6. The summed E-state index contributed by atoms with van der Waals surface area (Å²) in [6.07, 6.45) is 1.45. The fourth-order valence-electron chi connectivity index (χ4n) is 2.39. The Kier molecular flexibility index (Phi) is 3.53. The number of hydrogen-bond donors (Lipinski definition) is 1. The van der Waals surface area contributed by atoms with Crippen molar-refractivity contribution in [3.63, 3.8) is 0 Å². The highest BCUT2D eigenvalue weighted by Gasteiger charge is 2.32. The van der Waals surface area contributed by atoms with Crippen LogP contribution in [0.25, 0.3) is 0 Å². The van der Waals surface area contributed by atoms with Crippen molar-refractivity contribution in [2.75, 3.05) is 32.1 Å². The predicted octanol–water partition coefficient (Wildman–Crippen LogP) is 0.919. The molecule has 0 radical (unpaired) electrons. The number of halogens is 1. The summed E-state index contributed by atoms with van der Waals surface area (Å²) in [5.74, 6) is 1.31. The zero-order valence-corrected chi connectivity index (χ0v) is 11.9. The third kappa shape index (κ3) is 2.37. The summed E-state index contributed by atoms with van der Waals surface area (Å²) in [6.45, 7) is 4.06. The van der Waals surface area contributed by atoms with Gasteiger partial charge in [-0.25, -0.2) is 4.98 Å². The Bertz CT molecular complexity index is 459. The van der Waals surface area contributed by atoms with Gasteiger partial charge in [-0.2, -0.15) is 0 Å². The molecule has 2 heterocycles. The average Bonchev–Trinajstić information content (AvgIpc) is 2.64. The Morgan fingerprint density at radius 1 is 1.53 bits per heavy atom. The third-order valence-corrected chi connectivity index (χ3v) is 4.03. The molecule has 6 heteroatoms. The van der Waals surface area contributed by atoms with E-state index in [1.54, 1.807) is 0 Å². The van der Waals surface area contributed by atoms with E-state index in [1.807, 2.05) is 0 Å². The van der Waals surface area contributed by atoms with Crippen LogP contribution in [0.5, 0.6) is 0 Å². The molecule has 1 aliphatic heterocycles. The van der Waals surface area contributed by atoms with Crippen LogP contribution in [0.1, 0.15) is 6.92 Å². The van der Waals surface area contributed by atoms with Crippen LogP contribution in [0.2, 0.25) is 0 Å². The highest BCUT2D eigenvalue weighted by atomic mass is 79.9. The minimum absolute atomic E-state index is 0.129. The van der Waals surface area contributed by atoms with Crippen molar-refractivity contribution in [3.8, 4) is 0 Å². The van der Waals surface area contributed by atoms with Crippen LogP contribution < -0.4 is 10.5 Å². The lowest BCUT2D eigenvalue weighted by atomic mass is 10.1. The fourth-order valence-corrected chi connectivity index (χ4v) is 2.86. The molecule has 2 atom stereocenters. The Hall–Kier alpha value is -0.880. The van der Waals surface area contributed by atoms with Crippen molar-refractivity contribution in [2.45, 2.75) is 13.0 Å². The number of hydrogen-bond acceptors (Lipinski definition) is 4. The molecule has 1 aliphatic rings. The van der Waals surface area contributed by atoms with Gasteiger partial charge < -0.3 is 14.8 Å². The van der Waals surface area contributed by atoms with Crippen LogP contribution in [-0.4, -0.2) is 48.1 Å². The molecular weight excluding hydrogens is 284 g/mol. The van der Waals surface area contributed by atoms with Crippen molar-refractivity contribution in [2.24, 2.45) is 5.92 Å². The lowest BCUT2D eigenvalue weighted by Crippen LogP contribution is -2.34.